The van der Waals surface area contributed by atoms with Gasteiger partial charge in [-0.3, -0.25) is 0 Å². The molecule has 0 amide bonds. The quantitative estimate of drug-likeness (QED) is 0.170. The monoisotopic (exact) mass is 677 g/mol. The first-order valence-electron chi connectivity index (χ1n) is 18.0. The normalized spacial score (nSPS) is 11.8. The lowest BCUT2D eigenvalue weighted by Gasteiger charge is -2.28. The number of hydrogen-bond donors (Lipinski definition) is 0. The molecule has 0 saturated heterocycles. The summed E-state index contributed by atoms with van der Waals surface area (Å²) in [4.78, 5) is 2.41. The summed E-state index contributed by atoms with van der Waals surface area (Å²) < 4.78 is 13.6. The van der Waals surface area contributed by atoms with Crippen LogP contribution >= 0.6 is 0 Å². The predicted octanol–water partition coefficient (Wildman–Crippen LogP) is 14.6. The molecule has 0 aliphatic heterocycles. The second-order valence-electron chi connectivity index (χ2n) is 13.6. The third-order valence-corrected chi connectivity index (χ3v) is 10.6. The fourth-order valence-electron chi connectivity index (χ4n) is 8.23. The van der Waals surface area contributed by atoms with E-state index in [0.717, 1.165) is 83.2 Å². The first-order chi connectivity index (χ1) is 26.3. The predicted molar refractivity (Wildman–Crippen MR) is 222 cm³/mol. The van der Waals surface area contributed by atoms with Crippen LogP contribution in [0.15, 0.2) is 197 Å². The number of furan rings is 2. The highest BCUT2D eigenvalue weighted by molar-refractivity contribution is 6.21. The van der Waals surface area contributed by atoms with Gasteiger partial charge in [0, 0.05) is 27.6 Å². The van der Waals surface area contributed by atoms with Crippen LogP contribution in [0.4, 0.5) is 17.1 Å². The average Bonchev–Trinajstić information content (AvgIpc) is 3.81. The van der Waals surface area contributed by atoms with E-state index in [0.29, 0.717) is 0 Å². The van der Waals surface area contributed by atoms with Crippen molar-refractivity contribution in [1.82, 2.24) is 0 Å². The van der Waals surface area contributed by atoms with Crippen molar-refractivity contribution in [2.75, 3.05) is 4.90 Å². The number of anilines is 3. The molecule has 0 spiro atoms. The van der Waals surface area contributed by atoms with Crippen LogP contribution < -0.4 is 4.90 Å². The molecule has 0 fully saturated rings. The fourth-order valence-corrected chi connectivity index (χ4v) is 8.23. The van der Waals surface area contributed by atoms with Gasteiger partial charge in [0.1, 0.15) is 22.3 Å². The molecule has 248 valence electrons. The number of para-hydroxylation sites is 2. The van der Waals surface area contributed by atoms with Crippen molar-refractivity contribution in [1.29, 1.82) is 0 Å². The fraction of sp³-hybridized carbons (Fsp3) is 0. The maximum atomic E-state index is 6.79. The summed E-state index contributed by atoms with van der Waals surface area (Å²) in [7, 11) is 0. The Hall–Kier alpha value is -7.10. The molecule has 0 radical (unpaired) electrons. The van der Waals surface area contributed by atoms with Crippen LogP contribution in [0.2, 0.25) is 0 Å². The first kappa shape index (κ1) is 29.6. The second-order valence-corrected chi connectivity index (χ2v) is 13.6. The van der Waals surface area contributed by atoms with Crippen molar-refractivity contribution < 1.29 is 8.83 Å². The van der Waals surface area contributed by atoms with Crippen molar-refractivity contribution in [2.45, 2.75) is 0 Å². The number of fused-ring (bicyclic) bond motifs is 9. The smallest absolute Gasteiger partial charge is 0.145 e. The zero-order valence-corrected chi connectivity index (χ0v) is 28.7. The zero-order chi connectivity index (χ0) is 34.9. The van der Waals surface area contributed by atoms with Gasteiger partial charge >= 0.3 is 0 Å². The third-order valence-electron chi connectivity index (χ3n) is 10.6. The van der Waals surface area contributed by atoms with Crippen LogP contribution in [0.25, 0.3) is 87.7 Å². The SMILES string of the molecule is c1ccc(-c2ccc(N(c3ccc4c(ccc5ccccc54)c3)c3ccc(-c4ccccc4)c4oc5ccccc5c34)c3c2oc2ccccc23)cc1. The Morgan fingerprint density at radius 3 is 1.40 bits per heavy atom. The maximum Gasteiger partial charge on any atom is 0.145 e. The Morgan fingerprint density at radius 2 is 0.811 bits per heavy atom. The van der Waals surface area contributed by atoms with Crippen molar-refractivity contribution >= 4 is 82.5 Å². The van der Waals surface area contributed by atoms with E-state index in [4.69, 9.17) is 8.83 Å². The number of benzene rings is 9. The molecular weight excluding hydrogens is 647 g/mol. The lowest BCUT2D eigenvalue weighted by molar-refractivity contribution is 0.670. The second kappa shape index (κ2) is 11.7. The van der Waals surface area contributed by atoms with Crippen LogP contribution in [-0.4, -0.2) is 0 Å². The molecule has 3 nitrogen and oxygen atoms in total. The summed E-state index contributed by atoms with van der Waals surface area (Å²) in [5.74, 6) is 0. The van der Waals surface area contributed by atoms with Crippen LogP contribution in [0.5, 0.6) is 0 Å². The molecule has 11 rings (SSSR count). The highest BCUT2D eigenvalue weighted by atomic mass is 16.3. The highest BCUT2D eigenvalue weighted by Crippen LogP contribution is 2.50. The van der Waals surface area contributed by atoms with Gasteiger partial charge in [-0.1, -0.05) is 140 Å². The van der Waals surface area contributed by atoms with Crippen LogP contribution in [0, 0.1) is 0 Å². The molecule has 0 aliphatic rings. The van der Waals surface area contributed by atoms with E-state index in [1.165, 1.54) is 21.5 Å². The third kappa shape index (κ3) is 4.61. The van der Waals surface area contributed by atoms with Gasteiger partial charge in [0.05, 0.1) is 22.1 Å². The van der Waals surface area contributed by atoms with E-state index >= 15 is 0 Å². The Bertz CT molecular complexity index is 3020. The van der Waals surface area contributed by atoms with Crippen molar-refractivity contribution in [3.63, 3.8) is 0 Å². The lowest BCUT2D eigenvalue weighted by Crippen LogP contribution is -2.11. The van der Waals surface area contributed by atoms with Crippen LogP contribution in [-0.2, 0) is 0 Å². The Morgan fingerprint density at radius 1 is 0.340 bits per heavy atom. The molecule has 0 unspecified atom stereocenters. The van der Waals surface area contributed by atoms with Gasteiger partial charge in [0.2, 0.25) is 0 Å². The number of rotatable bonds is 5. The molecule has 0 bridgehead atoms. The van der Waals surface area contributed by atoms with E-state index < -0.39 is 0 Å². The zero-order valence-electron chi connectivity index (χ0n) is 28.7. The van der Waals surface area contributed by atoms with E-state index in [1.807, 2.05) is 12.1 Å². The minimum Gasteiger partial charge on any atom is -0.455 e. The average molecular weight is 678 g/mol. The summed E-state index contributed by atoms with van der Waals surface area (Å²) in [6, 6.07) is 66.6. The molecule has 0 aliphatic carbocycles. The van der Waals surface area contributed by atoms with Gasteiger partial charge < -0.3 is 13.7 Å². The molecule has 0 saturated carbocycles. The van der Waals surface area contributed by atoms with E-state index in [1.54, 1.807) is 0 Å². The summed E-state index contributed by atoms with van der Waals surface area (Å²) >= 11 is 0. The van der Waals surface area contributed by atoms with E-state index in [2.05, 4.69) is 181 Å². The lowest BCUT2D eigenvalue weighted by atomic mass is 9.97. The largest absolute Gasteiger partial charge is 0.455 e. The molecular formula is C50H31NO2. The van der Waals surface area contributed by atoms with E-state index in [9.17, 15) is 0 Å². The molecule has 11 aromatic rings. The van der Waals surface area contributed by atoms with Crippen molar-refractivity contribution in [3.05, 3.63) is 188 Å². The van der Waals surface area contributed by atoms with Gasteiger partial charge in [-0.2, -0.15) is 0 Å². The minimum absolute atomic E-state index is 0.857. The number of nitrogens with zero attached hydrogens (tertiary/aromatic N) is 1. The molecule has 2 aromatic heterocycles. The van der Waals surface area contributed by atoms with Crippen LogP contribution in [0.1, 0.15) is 0 Å². The molecule has 0 N–H and O–H groups in total. The summed E-state index contributed by atoms with van der Waals surface area (Å²) in [6.07, 6.45) is 0. The van der Waals surface area contributed by atoms with Crippen LogP contribution in [0.3, 0.4) is 0 Å². The highest BCUT2D eigenvalue weighted by Gasteiger charge is 2.26. The Labute approximate surface area is 305 Å². The number of hydrogen-bond acceptors (Lipinski definition) is 3. The summed E-state index contributed by atoms with van der Waals surface area (Å²) in [6.45, 7) is 0. The van der Waals surface area contributed by atoms with Gasteiger partial charge in [0.15, 0.2) is 0 Å². The molecule has 2 heterocycles. The first-order valence-corrected chi connectivity index (χ1v) is 18.0. The summed E-state index contributed by atoms with van der Waals surface area (Å²) in [5.41, 5.74) is 10.9. The Kier molecular flexibility index (Phi) is 6.55. The van der Waals surface area contributed by atoms with Gasteiger partial charge in [-0.25, -0.2) is 0 Å². The van der Waals surface area contributed by atoms with Gasteiger partial charge in [-0.05, 0) is 81.2 Å². The van der Waals surface area contributed by atoms with Gasteiger partial charge in [0.25, 0.3) is 0 Å². The standard InChI is InChI=1S/C50H31NO2/c1-3-13-32(14-4-1)39-27-29-43(47-41-19-9-11-21-45(41)52-49(39)47)51(36-25-26-38-35(31-36)24-23-34-17-7-8-18-37(34)38)44-30-28-40(33-15-5-2-6-16-33)50-48(44)42-20-10-12-22-46(42)53-50/h1-31H. The molecule has 0 atom stereocenters. The maximum absolute atomic E-state index is 6.79. The summed E-state index contributed by atoms with van der Waals surface area (Å²) in [5, 5.41) is 9.15. The van der Waals surface area contributed by atoms with E-state index in [-0.39, 0.29) is 0 Å². The Balaban J connectivity index is 1.27. The minimum atomic E-state index is 0.857. The molecule has 3 heteroatoms. The molecule has 53 heavy (non-hydrogen) atoms. The topological polar surface area (TPSA) is 29.5 Å². The van der Waals surface area contributed by atoms with Crippen molar-refractivity contribution in [3.8, 4) is 22.3 Å². The van der Waals surface area contributed by atoms with Crippen molar-refractivity contribution in [2.24, 2.45) is 0 Å². The van der Waals surface area contributed by atoms with Gasteiger partial charge in [-0.15, -0.1) is 0 Å². The molecule has 9 aromatic carbocycles.